The number of hydrogen-bond donors (Lipinski definition) is 0. The van der Waals surface area contributed by atoms with Gasteiger partial charge in [0.25, 0.3) is 0 Å². The Bertz CT molecular complexity index is 3830. The highest BCUT2D eigenvalue weighted by Crippen LogP contribution is 2.41. The molecule has 0 unspecified atom stereocenters. The molecule has 0 saturated carbocycles. The summed E-state index contributed by atoms with van der Waals surface area (Å²) in [5.74, 6) is 1.85. The third kappa shape index (κ3) is 5.25. The van der Waals surface area contributed by atoms with Crippen molar-refractivity contribution in [2.75, 3.05) is 0 Å². The summed E-state index contributed by atoms with van der Waals surface area (Å²) in [4.78, 5) is 15.2. The normalized spacial score (nSPS) is 11.9. The van der Waals surface area contributed by atoms with Crippen LogP contribution in [-0.4, -0.2) is 24.1 Å². The topological polar surface area (TPSA) is 48.5 Å². The molecule has 3 aromatic heterocycles. The van der Waals surface area contributed by atoms with E-state index < -0.39 is 0 Å². The second-order valence-corrected chi connectivity index (χ2v) is 16.0. The number of para-hydroxylation sites is 2. The number of nitrogens with zero attached hydrogens (tertiary/aromatic N) is 5. The first-order chi connectivity index (χ1) is 30.7. The molecule has 13 aromatic rings. The van der Waals surface area contributed by atoms with Crippen molar-refractivity contribution in [3.63, 3.8) is 0 Å². The van der Waals surface area contributed by atoms with Gasteiger partial charge < -0.3 is 4.57 Å². The van der Waals surface area contributed by atoms with Gasteiger partial charge in [-0.25, -0.2) is 4.98 Å². The summed E-state index contributed by atoms with van der Waals surface area (Å²) in [5, 5.41) is 12.4. The predicted octanol–water partition coefficient (Wildman–Crippen LogP) is 14.5. The number of aromatic nitrogens is 5. The Morgan fingerprint density at radius 1 is 0.242 bits per heavy atom. The molecule has 0 fully saturated rings. The lowest BCUT2D eigenvalue weighted by atomic mass is 9.94. The molecular weight excluding hydrogens is 755 g/mol. The summed E-state index contributed by atoms with van der Waals surface area (Å²) in [6, 6.07) is 75.9. The molecule has 3 heterocycles. The first-order valence-electron chi connectivity index (χ1n) is 21.0. The molecule has 62 heavy (non-hydrogen) atoms. The van der Waals surface area contributed by atoms with Gasteiger partial charge in [-0.3, -0.25) is 4.57 Å². The highest BCUT2D eigenvalue weighted by Gasteiger charge is 2.20. The average Bonchev–Trinajstić information content (AvgIpc) is 3.86. The summed E-state index contributed by atoms with van der Waals surface area (Å²) < 4.78 is 4.63. The Kier molecular flexibility index (Phi) is 7.54. The Hall–Kier alpha value is -8.41. The van der Waals surface area contributed by atoms with E-state index in [1.807, 2.05) is 60.7 Å². The summed E-state index contributed by atoms with van der Waals surface area (Å²) in [6.45, 7) is 0. The fraction of sp³-hybridized carbons (Fsp3) is 0. The lowest BCUT2D eigenvalue weighted by Gasteiger charge is -2.14. The SMILES string of the molecule is c1ccc(-c2nc(-c3ccccc3)nc(-n3c4ccccc4c4cc(-c5ccc6c7ccccc7n(-c7ccc8c9ccccc9c9ccccc9c8c7)c6c5)ccc43)n2)cc1. The van der Waals surface area contributed by atoms with E-state index in [4.69, 9.17) is 15.0 Å². The van der Waals surface area contributed by atoms with Gasteiger partial charge in [-0.1, -0.05) is 170 Å². The smallest absolute Gasteiger partial charge is 0.238 e. The molecule has 0 bridgehead atoms. The van der Waals surface area contributed by atoms with Crippen LogP contribution in [0.4, 0.5) is 0 Å². The van der Waals surface area contributed by atoms with Crippen molar-refractivity contribution >= 4 is 75.9 Å². The number of hydrogen-bond acceptors (Lipinski definition) is 3. The summed E-state index contributed by atoms with van der Waals surface area (Å²) in [5.41, 5.74) is 9.73. The Morgan fingerprint density at radius 3 is 1.31 bits per heavy atom. The van der Waals surface area contributed by atoms with Gasteiger partial charge in [-0.05, 0) is 85.9 Å². The van der Waals surface area contributed by atoms with E-state index in [1.165, 1.54) is 54.1 Å². The molecule has 10 aromatic carbocycles. The zero-order valence-electron chi connectivity index (χ0n) is 33.4. The van der Waals surface area contributed by atoms with Crippen LogP contribution in [0.5, 0.6) is 0 Å². The fourth-order valence-electron chi connectivity index (χ4n) is 9.73. The van der Waals surface area contributed by atoms with E-state index >= 15 is 0 Å². The number of benzene rings is 10. The summed E-state index contributed by atoms with van der Waals surface area (Å²) in [7, 11) is 0. The number of fused-ring (bicyclic) bond motifs is 12. The molecule has 0 radical (unpaired) electrons. The van der Waals surface area contributed by atoms with Crippen LogP contribution in [0.3, 0.4) is 0 Å². The van der Waals surface area contributed by atoms with Crippen molar-refractivity contribution < 1.29 is 0 Å². The monoisotopic (exact) mass is 789 g/mol. The predicted molar refractivity (Wildman–Crippen MR) is 257 cm³/mol. The van der Waals surface area contributed by atoms with E-state index in [2.05, 4.69) is 161 Å². The zero-order valence-corrected chi connectivity index (χ0v) is 33.4. The van der Waals surface area contributed by atoms with Crippen molar-refractivity contribution in [2.24, 2.45) is 0 Å². The summed E-state index contributed by atoms with van der Waals surface area (Å²) >= 11 is 0. The van der Waals surface area contributed by atoms with Crippen LogP contribution in [0.2, 0.25) is 0 Å². The molecule has 13 rings (SSSR count). The maximum atomic E-state index is 5.13. The second-order valence-electron chi connectivity index (χ2n) is 16.0. The molecule has 5 heteroatoms. The first-order valence-corrected chi connectivity index (χ1v) is 21.0. The molecule has 0 amide bonds. The molecule has 0 aliphatic heterocycles. The van der Waals surface area contributed by atoms with Crippen LogP contribution >= 0.6 is 0 Å². The second kappa shape index (κ2) is 13.6. The van der Waals surface area contributed by atoms with Crippen molar-refractivity contribution in [1.82, 2.24) is 24.1 Å². The van der Waals surface area contributed by atoms with E-state index in [-0.39, 0.29) is 0 Å². The van der Waals surface area contributed by atoms with Gasteiger partial charge in [0.2, 0.25) is 5.95 Å². The molecule has 5 nitrogen and oxygen atoms in total. The van der Waals surface area contributed by atoms with E-state index in [9.17, 15) is 0 Å². The third-order valence-corrected chi connectivity index (χ3v) is 12.6. The Morgan fingerprint density at radius 2 is 0.677 bits per heavy atom. The Balaban J connectivity index is 1.00. The van der Waals surface area contributed by atoms with Crippen molar-refractivity contribution in [3.05, 3.63) is 212 Å². The highest BCUT2D eigenvalue weighted by molar-refractivity contribution is 6.25. The molecule has 288 valence electrons. The van der Waals surface area contributed by atoms with Gasteiger partial charge in [0.05, 0.1) is 22.1 Å². The van der Waals surface area contributed by atoms with Crippen LogP contribution < -0.4 is 0 Å². The van der Waals surface area contributed by atoms with E-state index in [0.717, 1.165) is 49.7 Å². The van der Waals surface area contributed by atoms with Crippen LogP contribution in [-0.2, 0) is 0 Å². The van der Waals surface area contributed by atoms with Crippen molar-refractivity contribution in [1.29, 1.82) is 0 Å². The molecular formula is C57H35N5. The molecule has 0 saturated heterocycles. The number of rotatable bonds is 5. The Labute approximate surface area is 356 Å². The molecule has 0 N–H and O–H groups in total. The van der Waals surface area contributed by atoms with Gasteiger partial charge in [-0.15, -0.1) is 0 Å². The fourth-order valence-corrected chi connectivity index (χ4v) is 9.73. The van der Waals surface area contributed by atoms with Crippen LogP contribution in [0.25, 0.3) is 121 Å². The minimum atomic E-state index is 0.582. The minimum absolute atomic E-state index is 0.582. The van der Waals surface area contributed by atoms with Crippen molar-refractivity contribution in [2.45, 2.75) is 0 Å². The van der Waals surface area contributed by atoms with Gasteiger partial charge in [0.15, 0.2) is 11.6 Å². The molecule has 0 aliphatic carbocycles. The van der Waals surface area contributed by atoms with Gasteiger partial charge in [-0.2, -0.15) is 9.97 Å². The third-order valence-electron chi connectivity index (χ3n) is 12.6. The van der Waals surface area contributed by atoms with Crippen LogP contribution in [0, 0.1) is 0 Å². The maximum Gasteiger partial charge on any atom is 0.238 e. The lowest BCUT2D eigenvalue weighted by Crippen LogP contribution is -2.06. The van der Waals surface area contributed by atoms with Gasteiger partial charge in [0, 0.05) is 38.4 Å². The van der Waals surface area contributed by atoms with E-state index in [1.54, 1.807) is 0 Å². The molecule has 0 aliphatic rings. The zero-order chi connectivity index (χ0) is 40.7. The standard InChI is InChI=1S/C57H35N5/c1-3-15-36(16-4-1)55-58-56(37-17-5-2-6-18-37)60-57(59-55)62-52-26-14-12-24-47(52)50-33-38(28-32-53(50)62)39-27-30-48-46-23-11-13-25-51(46)61(54(48)34-39)40-29-31-45-43-21-8-7-19-41(43)42-20-9-10-22-44(42)49(45)35-40/h1-35H. The highest BCUT2D eigenvalue weighted by atomic mass is 15.2. The maximum absolute atomic E-state index is 5.13. The van der Waals surface area contributed by atoms with Gasteiger partial charge in [0.1, 0.15) is 0 Å². The minimum Gasteiger partial charge on any atom is -0.309 e. The van der Waals surface area contributed by atoms with Gasteiger partial charge >= 0.3 is 0 Å². The lowest BCUT2D eigenvalue weighted by molar-refractivity contribution is 0.953. The molecule has 0 atom stereocenters. The first kappa shape index (κ1) is 34.5. The van der Waals surface area contributed by atoms with Crippen LogP contribution in [0.1, 0.15) is 0 Å². The summed E-state index contributed by atoms with van der Waals surface area (Å²) in [6.07, 6.45) is 0. The van der Waals surface area contributed by atoms with E-state index in [0.29, 0.717) is 17.6 Å². The quantitative estimate of drug-likeness (QED) is 0.163. The van der Waals surface area contributed by atoms with Crippen LogP contribution in [0.15, 0.2) is 212 Å². The largest absolute Gasteiger partial charge is 0.309 e. The average molecular weight is 790 g/mol. The molecule has 0 spiro atoms. The van der Waals surface area contributed by atoms with Crippen molar-refractivity contribution in [3.8, 4) is 45.5 Å².